The summed E-state index contributed by atoms with van der Waals surface area (Å²) < 4.78 is 7.63. The second-order valence-corrected chi connectivity index (χ2v) is 5.26. The third-order valence-electron chi connectivity index (χ3n) is 3.95. The number of hydrogen-bond donors (Lipinski definition) is 1. The van der Waals surface area contributed by atoms with Gasteiger partial charge in [-0.1, -0.05) is 18.2 Å². The van der Waals surface area contributed by atoms with E-state index in [2.05, 4.69) is 4.98 Å². The molecule has 2 aromatic heterocycles. The predicted octanol–water partition coefficient (Wildman–Crippen LogP) is 3.82. The SMILES string of the molecule is CCOC(c1ccncc1)c1c(C(=O)O)n(C)c2ccccc12.Cl. The van der Waals surface area contributed by atoms with Crippen LogP contribution in [0.15, 0.2) is 48.8 Å². The number of carbonyl (C=O) groups is 1. The molecule has 0 radical (unpaired) electrons. The van der Waals surface area contributed by atoms with E-state index in [4.69, 9.17) is 4.74 Å². The summed E-state index contributed by atoms with van der Waals surface area (Å²) in [6.07, 6.45) is 2.93. The number of nitrogens with zero attached hydrogens (tertiary/aromatic N) is 2. The smallest absolute Gasteiger partial charge is 0.352 e. The molecule has 0 saturated carbocycles. The minimum absolute atomic E-state index is 0. The molecular weight excluding hydrogens is 328 g/mol. The zero-order chi connectivity index (χ0) is 16.4. The fraction of sp³-hybridized carbons (Fsp3) is 0.222. The molecule has 0 spiro atoms. The van der Waals surface area contributed by atoms with Gasteiger partial charge in [-0.2, -0.15) is 0 Å². The first-order valence-corrected chi connectivity index (χ1v) is 7.47. The maximum absolute atomic E-state index is 11.9. The number of aromatic carboxylic acids is 1. The van der Waals surface area contributed by atoms with Crippen LogP contribution in [0.5, 0.6) is 0 Å². The first kappa shape index (κ1) is 18.0. The highest BCUT2D eigenvalue weighted by Gasteiger charge is 2.28. The van der Waals surface area contributed by atoms with Gasteiger partial charge in [-0.05, 0) is 30.7 Å². The van der Waals surface area contributed by atoms with Crippen LogP contribution in [0.1, 0.15) is 34.6 Å². The van der Waals surface area contributed by atoms with E-state index in [-0.39, 0.29) is 18.1 Å². The fourth-order valence-electron chi connectivity index (χ4n) is 3.00. The number of halogens is 1. The number of carboxylic acids is 1. The average molecular weight is 347 g/mol. The number of fused-ring (bicyclic) bond motifs is 1. The molecular formula is C18H19ClN2O3. The first-order chi connectivity index (χ1) is 11.1. The Morgan fingerprint density at radius 1 is 1.25 bits per heavy atom. The van der Waals surface area contributed by atoms with E-state index < -0.39 is 12.1 Å². The van der Waals surface area contributed by atoms with Crippen LogP contribution in [0.4, 0.5) is 0 Å². The van der Waals surface area contributed by atoms with Crippen LogP contribution in [0.2, 0.25) is 0 Å². The van der Waals surface area contributed by atoms with Crippen LogP contribution in [-0.2, 0) is 11.8 Å². The minimum atomic E-state index is -0.961. The topological polar surface area (TPSA) is 64.3 Å². The maximum atomic E-state index is 11.9. The second kappa shape index (κ2) is 7.47. The summed E-state index contributed by atoms with van der Waals surface area (Å²) >= 11 is 0. The van der Waals surface area contributed by atoms with Gasteiger partial charge in [0.05, 0.1) is 0 Å². The number of ether oxygens (including phenoxy) is 1. The van der Waals surface area contributed by atoms with E-state index in [0.29, 0.717) is 12.2 Å². The Hall–Kier alpha value is -2.37. The molecule has 0 saturated heterocycles. The van der Waals surface area contributed by atoms with Gasteiger partial charge < -0.3 is 14.4 Å². The molecule has 1 N–H and O–H groups in total. The lowest BCUT2D eigenvalue weighted by Crippen LogP contribution is -2.13. The van der Waals surface area contributed by atoms with E-state index in [1.165, 1.54) is 0 Å². The van der Waals surface area contributed by atoms with Crippen molar-refractivity contribution in [2.45, 2.75) is 13.0 Å². The van der Waals surface area contributed by atoms with Crippen LogP contribution < -0.4 is 0 Å². The highest BCUT2D eigenvalue weighted by Crippen LogP contribution is 2.36. The number of rotatable bonds is 5. The van der Waals surface area contributed by atoms with Gasteiger partial charge >= 0.3 is 5.97 Å². The van der Waals surface area contributed by atoms with Crippen molar-refractivity contribution in [3.05, 3.63) is 65.6 Å². The van der Waals surface area contributed by atoms with Crippen LogP contribution >= 0.6 is 12.4 Å². The van der Waals surface area contributed by atoms with Crippen molar-refractivity contribution in [2.75, 3.05) is 6.61 Å². The summed E-state index contributed by atoms with van der Waals surface area (Å²) in [7, 11) is 1.77. The minimum Gasteiger partial charge on any atom is -0.477 e. The molecule has 1 atom stereocenters. The third kappa shape index (κ3) is 3.00. The van der Waals surface area contributed by atoms with Crippen LogP contribution in [0, 0.1) is 0 Å². The third-order valence-corrected chi connectivity index (χ3v) is 3.95. The van der Waals surface area contributed by atoms with Gasteiger partial charge in [-0.3, -0.25) is 4.98 Å². The molecule has 0 fully saturated rings. The zero-order valence-electron chi connectivity index (χ0n) is 13.5. The summed E-state index contributed by atoms with van der Waals surface area (Å²) in [5.74, 6) is -0.961. The first-order valence-electron chi connectivity index (χ1n) is 7.47. The van der Waals surface area contributed by atoms with Crippen molar-refractivity contribution >= 4 is 29.3 Å². The Kier molecular flexibility index (Phi) is 5.59. The number of pyridine rings is 1. The maximum Gasteiger partial charge on any atom is 0.352 e. The van der Waals surface area contributed by atoms with E-state index >= 15 is 0 Å². The van der Waals surface area contributed by atoms with Gasteiger partial charge in [-0.15, -0.1) is 12.4 Å². The molecule has 2 heterocycles. The zero-order valence-corrected chi connectivity index (χ0v) is 14.3. The number of aromatic nitrogens is 2. The summed E-state index contributed by atoms with van der Waals surface area (Å²) in [6.45, 7) is 2.38. The number of carboxylic acid groups (broad SMARTS) is 1. The Labute approximate surface area is 146 Å². The molecule has 3 aromatic rings. The predicted molar refractivity (Wildman–Crippen MR) is 94.8 cm³/mol. The number of benzene rings is 1. The van der Waals surface area contributed by atoms with E-state index in [9.17, 15) is 9.90 Å². The van der Waals surface area contributed by atoms with E-state index in [0.717, 1.165) is 16.5 Å². The number of hydrogen-bond acceptors (Lipinski definition) is 3. The lowest BCUT2D eigenvalue weighted by Gasteiger charge is -2.18. The molecule has 126 valence electrons. The monoisotopic (exact) mass is 346 g/mol. The molecule has 0 aliphatic carbocycles. The van der Waals surface area contributed by atoms with Gasteiger partial charge in [0, 0.05) is 42.5 Å². The highest BCUT2D eigenvalue weighted by atomic mass is 35.5. The fourth-order valence-corrected chi connectivity index (χ4v) is 3.00. The summed E-state index contributed by atoms with van der Waals surface area (Å²) in [5, 5.41) is 10.6. The van der Waals surface area contributed by atoms with Gasteiger partial charge in [0.1, 0.15) is 11.8 Å². The van der Waals surface area contributed by atoms with E-state index in [1.54, 1.807) is 24.0 Å². The lowest BCUT2D eigenvalue weighted by molar-refractivity contribution is 0.0662. The summed E-state index contributed by atoms with van der Waals surface area (Å²) in [4.78, 5) is 15.9. The van der Waals surface area contributed by atoms with Crippen molar-refractivity contribution < 1.29 is 14.6 Å². The quantitative estimate of drug-likeness (QED) is 0.762. The van der Waals surface area contributed by atoms with Crippen molar-refractivity contribution in [3.8, 4) is 0 Å². The van der Waals surface area contributed by atoms with Gasteiger partial charge in [0.25, 0.3) is 0 Å². The largest absolute Gasteiger partial charge is 0.477 e. The summed E-state index contributed by atoms with van der Waals surface area (Å²) in [5.41, 5.74) is 2.70. The van der Waals surface area contributed by atoms with Crippen molar-refractivity contribution in [1.82, 2.24) is 9.55 Å². The van der Waals surface area contributed by atoms with Crippen LogP contribution in [-0.4, -0.2) is 27.2 Å². The molecule has 24 heavy (non-hydrogen) atoms. The summed E-state index contributed by atoms with van der Waals surface area (Å²) in [6, 6.07) is 11.4. The Morgan fingerprint density at radius 3 is 2.54 bits per heavy atom. The molecule has 6 heteroatoms. The Morgan fingerprint density at radius 2 is 1.92 bits per heavy atom. The van der Waals surface area contributed by atoms with E-state index in [1.807, 2.05) is 43.3 Å². The molecule has 1 unspecified atom stereocenters. The van der Waals surface area contributed by atoms with Crippen LogP contribution in [0.3, 0.4) is 0 Å². The van der Waals surface area contributed by atoms with Crippen LogP contribution in [0.25, 0.3) is 10.9 Å². The molecule has 1 aromatic carbocycles. The lowest BCUT2D eigenvalue weighted by atomic mass is 9.99. The molecule has 5 nitrogen and oxygen atoms in total. The van der Waals surface area contributed by atoms with Crippen molar-refractivity contribution in [3.63, 3.8) is 0 Å². The Balaban J connectivity index is 0.00000208. The molecule has 0 bridgehead atoms. The number of para-hydroxylation sites is 1. The molecule has 0 aliphatic rings. The molecule has 0 aliphatic heterocycles. The van der Waals surface area contributed by atoms with Gasteiger partial charge in [0.15, 0.2) is 0 Å². The van der Waals surface area contributed by atoms with Crippen molar-refractivity contribution in [2.24, 2.45) is 7.05 Å². The standard InChI is InChI=1S/C18H18N2O3.ClH/c1-3-23-17(12-8-10-19-11-9-12)15-13-6-4-5-7-14(13)20(2)16(15)18(21)22;/h4-11,17H,3H2,1-2H3,(H,21,22);1H. The molecule has 0 amide bonds. The van der Waals surface area contributed by atoms with Gasteiger partial charge in [0.2, 0.25) is 0 Å². The Bertz CT molecular complexity index is 846. The van der Waals surface area contributed by atoms with Gasteiger partial charge in [-0.25, -0.2) is 4.79 Å². The van der Waals surface area contributed by atoms with Crippen molar-refractivity contribution in [1.29, 1.82) is 0 Å². The molecule has 3 rings (SSSR count). The number of aryl methyl sites for hydroxylation is 1. The average Bonchev–Trinajstić information content (AvgIpc) is 2.87. The highest BCUT2D eigenvalue weighted by molar-refractivity contribution is 5.98. The second-order valence-electron chi connectivity index (χ2n) is 5.26. The normalized spacial score (nSPS) is 11.9.